The van der Waals surface area contributed by atoms with Crippen LogP contribution in [0.1, 0.15) is 0 Å². The van der Waals surface area contributed by atoms with Gasteiger partial charge < -0.3 is 8.98 Å². The molecule has 0 saturated heterocycles. The summed E-state index contributed by atoms with van der Waals surface area (Å²) in [5.41, 5.74) is 10.1. The molecule has 5 nitrogen and oxygen atoms in total. The van der Waals surface area contributed by atoms with Crippen LogP contribution in [0.5, 0.6) is 0 Å². The number of hydrogen-bond donors (Lipinski definition) is 0. The Morgan fingerprint density at radius 3 is 1.73 bits per heavy atom. The van der Waals surface area contributed by atoms with Crippen molar-refractivity contribution in [3.8, 4) is 51.0 Å². The van der Waals surface area contributed by atoms with Crippen LogP contribution in [-0.2, 0) is 0 Å². The molecule has 0 radical (unpaired) electrons. The summed E-state index contributed by atoms with van der Waals surface area (Å²) in [4.78, 5) is 15.3. The fraction of sp³-hybridized carbons (Fsp3) is 0. The lowest BCUT2D eigenvalue weighted by molar-refractivity contribution is 0.669. The van der Waals surface area contributed by atoms with E-state index in [1.807, 2.05) is 42.5 Å². The van der Waals surface area contributed by atoms with Crippen LogP contribution in [-0.4, -0.2) is 19.5 Å². The Balaban J connectivity index is 1.03. The second kappa shape index (κ2) is 13.6. The lowest BCUT2D eigenvalue weighted by Crippen LogP contribution is -2.00. The third-order valence-corrected chi connectivity index (χ3v) is 12.4. The standard InChI is InChI=1S/C57H34N4O/c1-3-13-35(14-4-1)38-20-11-21-41(31-38)56-58-55(37-16-5-2-6-17-37)59-57(60-56)42-26-29-51-48(33-42)53-45-23-12-24-49(44(45)28-30-52(53)62-51)61-50-34-40-19-8-7-18-39(40)32-47(50)46-27-25-36-15-9-10-22-43(36)54(46)61/h1-34H. The molecule has 0 aliphatic heterocycles. The molecule has 0 spiro atoms. The summed E-state index contributed by atoms with van der Waals surface area (Å²) in [5, 5.41) is 11.7. The van der Waals surface area contributed by atoms with E-state index in [1.54, 1.807) is 0 Å². The van der Waals surface area contributed by atoms with Gasteiger partial charge in [0.1, 0.15) is 11.2 Å². The van der Waals surface area contributed by atoms with Gasteiger partial charge in [0.15, 0.2) is 17.5 Å². The summed E-state index contributed by atoms with van der Waals surface area (Å²) in [6.07, 6.45) is 0. The second-order valence-corrected chi connectivity index (χ2v) is 16.0. The molecule has 0 aliphatic rings. The van der Waals surface area contributed by atoms with E-state index in [0.29, 0.717) is 17.5 Å². The number of fused-ring (bicyclic) bond motifs is 11. The molecule has 0 amide bonds. The number of aromatic nitrogens is 4. The van der Waals surface area contributed by atoms with Crippen molar-refractivity contribution in [3.05, 3.63) is 206 Å². The van der Waals surface area contributed by atoms with Crippen molar-refractivity contribution in [1.29, 1.82) is 0 Å². The largest absolute Gasteiger partial charge is 0.456 e. The van der Waals surface area contributed by atoms with Crippen LogP contribution in [0.3, 0.4) is 0 Å². The van der Waals surface area contributed by atoms with Crippen LogP contribution in [0.4, 0.5) is 0 Å². The Bertz CT molecular complexity index is 3920. The highest BCUT2D eigenvalue weighted by atomic mass is 16.3. The highest BCUT2D eigenvalue weighted by Crippen LogP contribution is 2.43. The molecule has 3 heterocycles. The minimum atomic E-state index is 0.598. The molecular formula is C57H34N4O. The normalized spacial score (nSPS) is 11.9. The molecule has 5 heteroatoms. The Morgan fingerprint density at radius 1 is 0.323 bits per heavy atom. The van der Waals surface area contributed by atoms with E-state index < -0.39 is 0 Å². The third-order valence-electron chi connectivity index (χ3n) is 12.4. The van der Waals surface area contributed by atoms with Crippen molar-refractivity contribution in [2.24, 2.45) is 0 Å². The molecule has 0 aliphatic carbocycles. The maximum Gasteiger partial charge on any atom is 0.164 e. The van der Waals surface area contributed by atoms with E-state index >= 15 is 0 Å². The average Bonchev–Trinajstić information content (AvgIpc) is 3.89. The van der Waals surface area contributed by atoms with Gasteiger partial charge in [-0.3, -0.25) is 0 Å². The number of furan rings is 1. The van der Waals surface area contributed by atoms with E-state index in [0.717, 1.165) is 66.2 Å². The van der Waals surface area contributed by atoms with Crippen molar-refractivity contribution >= 4 is 76.1 Å². The van der Waals surface area contributed by atoms with Crippen LogP contribution in [0.15, 0.2) is 211 Å². The van der Waals surface area contributed by atoms with Crippen molar-refractivity contribution in [2.45, 2.75) is 0 Å². The van der Waals surface area contributed by atoms with Gasteiger partial charge in [0.25, 0.3) is 0 Å². The summed E-state index contributed by atoms with van der Waals surface area (Å²) < 4.78 is 9.09. The van der Waals surface area contributed by atoms with Crippen LogP contribution in [0.25, 0.3) is 127 Å². The average molecular weight is 791 g/mol. The fourth-order valence-corrected chi connectivity index (χ4v) is 9.48. The molecule has 13 aromatic rings. The maximum absolute atomic E-state index is 6.61. The first-order chi connectivity index (χ1) is 30.7. The van der Waals surface area contributed by atoms with Crippen LogP contribution >= 0.6 is 0 Å². The molecule has 0 saturated carbocycles. The summed E-state index contributed by atoms with van der Waals surface area (Å²) in [6, 6.07) is 72.8. The molecule has 10 aromatic carbocycles. The monoisotopic (exact) mass is 790 g/mol. The second-order valence-electron chi connectivity index (χ2n) is 16.0. The first-order valence-corrected chi connectivity index (χ1v) is 20.9. The van der Waals surface area contributed by atoms with Crippen molar-refractivity contribution in [2.75, 3.05) is 0 Å². The van der Waals surface area contributed by atoms with Gasteiger partial charge in [-0.2, -0.15) is 0 Å². The Hall–Kier alpha value is -8.41. The fourth-order valence-electron chi connectivity index (χ4n) is 9.48. The zero-order valence-electron chi connectivity index (χ0n) is 33.3. The van der Waals surface area contributed by atoms with E-state index in [2.05, 4.69) is 168 Å². The Kier molecular flexibility index (Phi) is 7.54. The highest BCUT2D eigenvalue weighted by molar-refractivity contribution is 6.24. The number of benzene rings is 10. The van der Waals surface area contributed by atoms with Gasteiger partial charge in [-0.25, -0.2) is 15.0 Å². The van der Waals surface area contributed by atoms with Crippen LogP contribution < -0.4 is 0 Å². The topological polar surface area (TPSA) is 56.7 Å². The Labute approximate surface area is 355 Å². The molecule has 62 heavy (non-hydrogen) atoms. The molecule has 0 fully saturated rings. The van der Waals surface area contributed by atoms with Crippen molar-refractivity contribution in [1.82, 2.24) is 19.5 Å². The molecule has 0 N–H and O–H groups in total. The predicted molar refractivity (Wildman–Crippen MR) is 256 cm³/mol. The maximum atomic E-state index is 6.61. The van der Waals surface area contributed by atoms with Gasteiger partial charge in [0.05, 0.1) is 16.7 Å². The third kappa shape index (κ3) is 5.38. The van der Waals surface area contributed by atoms with Crippen molar-refractivity contribution in [3.63, 3.8) is 0 Å². The molecule has 0 atom stereocenters. The van der Waals surface area contributed by atoms with E-state index in [9.17, 15) is 0 Å². The predicted octanol–water partition coefficient (Wildman–Crippen LogP) is 15.0. The van der Waals surface area contributed by atoms with Crippen LogP contribution in [0.2, 0.25) is 0 Å². The lowest BCUT2D eigenvalue weighted by Gasteiger charge is -2.14. The minimum Gasteiger partial charge on any atom is -0.456 e. The molecule has 3 aromatic heterocycles. The van der Waals surface area contributed by atoms with Gasteiger partial charge in [-0.05, 0) is 87.3 Å². The van der Waals surface area contributed by atoms with E-state index in [4.69, 9.17) is 19.4 Å². The number of hydrogen-bond acceptors (Lipinski definition) is 4. The van der Waals surface area contributed by atoms with Crippen molar-refractivity contribution < 1.29 is 4.42 Å². The summed E-state index contributed by atoms with van der Waals surface area (Å²) in [6.45, 7) is 0. The minimum absolute atomic E-state index is 0.598. The van der Waals surface area contributed by atoms with Gasteiger partial charge in [0, 0.05) is 49.0 Å². The van der Waals surface area contributed by atoms with Crippen LogP contribution in [0, 0.1) is 0 Å². The number of rotatable bonds is 5. The molecule has 288 valence electrons. The molecule has 13 rings (SSSR count). The van der Waals surface area contributed by atoms with Gasteiger partial charge in [-0.1, -0.05) is 152 Å². The number of nitrogens with zero attached hydrogens (tertiary/aromatic N) is 4. The van der Waals surface area contributed by atoms with E-state index in [1.165, 1.54) is 43.4 Å². The molecular weight excluding hydrogens is 757 g/mol. The highest BCUT2D eigenvalue weighted by Gasteiger charge is 2.21. The smallest absolute Gasteiger partial charge is 0.164 e. The molecule has 0 bridgehead atoms. The van der Waals surface area contributed by atoms with Gasteiger partial charge in [-0.15, -0.1) is 0 Å². The Morgan fingerprint density at radius 2 is 0.919 bits per heavy atom. The van der Waals surface area contributed by atoms with E-state index in [-0.39, 0.29) is 0 Å². The lowest BCUT2D eigenvalue weighted by atomic mass is 10.0. The van der Waals surface area contributed by atoms with Gasteiger partial charge in [0.2, 0.25) is 0 Å². The first kappa shape index (κ1) is 34.5. The summed E-state index contributed by atoms with van der Waals surface area (Å²) >= 11 is 0. The zero-order chi connectivity index (χ0) is 40.7. The molecule has 0 unspecified atom stereocenters. The summed E-state index contributed by atoms with van der Waals surface area (Å²) in [5.74, 6) is 1.83. The first-order valence-electron chi connectivity index (χ1n) is 20.9. The zero-order valence-corrected chi connectivity index (χ0v) is 33.3. The summed E-state index contributed by atoms with van der Waals surface area (Å²) in [7, 11) is 0. The SMILES string of the molecule is c1ccc(-c2cccc(-c3nc(-c4ccccc4)nc(-c4ccc5oc6ccc7c(-n8c9cc%10ccccc%10cc9c9ccc%10ccccc%10c98)cccc7c6c5c4)n3)c2)cc1. The van der Waals surface area contributed by atoms with Gasteiger partial charge >= 0.3 is 0 Å². The quantitative estimate of drug-likeness (QED) is 0.174.